The number of para-hydroxylation sites is 2. The zero-order valence-electron chi connectivity index (χ0n) is 13.1. The number of amides is 1. The zero-order chi connectivity index (χ0) is 16.9. The number of rotatable bonds is 5. The van der Waals surface area contributed by atoms with Crippen LogP contribution in [0.25, 0.3) is 11.3 Å². The minimum atomic E-state index is -0.456. The van der Waals surface area contributed by atoms with Gasteiger partial charge in [-0.1, -0.05) is 24.3 Å². The van der Waals surface area contributed by atoms with E-state index in [1.165, 1.54) is 0 Å². The van der Waals surface area contributed by atoms with E-state index in [1.807, 2.05) is 24.3 Å². The molecule has 6 heteroatoms. The van der Waals surface area contributed by atoms with Gasteiger partial charge in [0.05, 0.1) is 18.5 Å². The summed E-state index contributed by atoms with van der Waals surface area (Å²) in [5.74, 6) is 0.705. The Morgan fingerprint density at radius 2 is 1.83 bits per heavy atom. The minimum absolute atomic E-state index is 0.455. The van der Waals surface area contributed by atoms with E-state index in [-0.39, 0.29) is 0 Å². The number of benzene rings is 2. The topological polar surface area (TPSA) is 90.1 Å². The fraction of sp³-hybridized carbons (Fsp3) is 0.0556. The van der Waals surface area contributed by atoms with Crippen LogP contribution in [0.3, 0.4) is 0 Å². The van der Waals surface area contributed by atoms with Crippen LogP contribution >= 0.6 is 0 Å². The van der Waals surface area contributed by atoms with Crippen molar-refractivity contribution in [1.82, 2.24) is 9.97 Å². The summed E-state index contributed by atoms with van der Waals surface area (Å²) < 4.78 is 5.31. The molecule has 0 saturated carbocycles. The number of anilines is 2. The average Bonchev–Trinajstić information content (AvgIpc) is 2.62. The number of aromatic nitrogens is 2. The van der Waals surface area contributed by atoms with Crippen LogP contribution in [0, 0.1) is 0 Å². The summed E-state index contributed by atoms with van der Waals surface area (Å²) >= 11 is 0. The number of carbonyl (C=O) groups excluding carboxylic acids is 1. The normalized spacial score (nSPS) is 10.2. The van der Waals surface area contributed by atoms with Gasteiger partial charge in [-0.15, -0.1) is 0 Å². The number of hydrogen-bond donors (Lipinski definition) is 2. The highest BCUT2D eigenvalue weighted by molar-refractivity contribution is 5.93. The summed E-state index contributed by atoms with van der Waals surface area (Å²) in [7, 11) is 1.61. The SMILES string of the molecule is COc1ccccc1Nc1nccc(-c2ccc(C(N)=O)cc2)n1. The Balaban J connectivity index is 1.87. The summed E-state index contributed by atoms with van der Waals surface area (Å²) in [4.78, 5) is 19.9. The molecule has 0 bridgehead atoms. The fourth-order valence-corrected chi connectivity index (χ4v) is 2.25. The molecule has 24 heavy (non-hydrogen) atoms. The lowest BCUT2D eigenvalue weighted by molar-refractivity contribution is 0.100. The van der Waals surface area contributed by atoms with Crippen LogP contribution in [0.5, 0.6) is 5.75 Å². The molecule has 0 aliphatic rings. The monoisotopic (exact) mass is 320 g/mol. The molecule has 0 radical (unpaired) electrons. The molecular weight excluding hydrogens is 304 g/mol. The molecule has 0 atom stereocenters. The van der Waals surface area contributed by atoms with Crippen LogP contribution < -0.4 is 15.8 Å². The van der Waals surface area contributed by atoms with Gasteiger partial charge in [-0.25, -0.2) is 9.97 Å². The van der Waals surface area contributed by atoms with E-state index in [4.69, 9.17) is 10.5 Å². The number of carbonyl (C=O) groups is 1. The van der Waals surface area contributed by atoms with Crippen LogP contribution in [0.2, 0.25) is 0 Å². The fourth-order valence-electron chi connectivity index (χ4n) is 2.25. The van der Waals surface area contributed by atoms with Crippen molar-refractivity contribution in [2.75, 3.05) is 12.4 Å². The predicted molar refractivity (Wildman–Crippen MR) is 92.3 cm³/mol. The van der Waals surface area contributed by atoms with Gasteiger partial charge >= 0.3 is 0 Å². The molecule has 6 nitrogen and oxygen atoms in total. The zero-order valence-corrected chi connectivity index (χ0v) is 13.1. The highest BCUT2D eigenvalue weighted by atomic mass is 16.5. The lowest BCUT2D eigenvalue weighted by Crippen LogP contribution is -2.10. The van der Waals surface area contributed by atoms with Crippen molar-refractivity contribution in [2.24, 2.45) is 5.73 Å². The maximum absolute atomic E-state index is 11.1. The van der Waals surface area contributed by atoms with Gasteiger partial charge in [0.2, 0.25) is 11.9 Å². The molecule has 3 aromatic rings. The average molecular weight is 320 g/mol. The first-order chi connectivity index (χ1) is 11.7. The number of nitrogens with two attached hydrogens (primary N) is 1. The number of hydrogen-bond acceptors (Lipinski definition) is 5. The van der Waals surface area contributed by atoms with Gasteiger partial charge in [0.15, 0.2) is 0 Å². The van der Waals surface area contributed by atoms with E-state index in [0.717, 1.165) is 16.9 Å². The number of nitrogens with one attached hydrogen (secondary N) is 1. The van der Waals surface area contributed by atoms with Gasteiger partial charge in [-0.05, 0) is 30.3 Å². The molecule has 0 saturated heterocycles. The predicted octanol–water partition coefficient (Wildman–Crippen LogP) is 2.99. The van der Waals surface area contributed by atoms with E-state index >= 15 is 0 Å². The molecule has 3 rings (SSSR count). The third-order valence-corrected chi connectivity index (χ3v) is 3.47. The summed E-state index contributed by atoms with van der Waals surface area (Å²) in [6, 6.07) is 16.3. The van der Waals surface area contributed by atoms with Gasteiger partial charge in [0.25, 0.3) is 0 Å². The van der Waals surface area contributed by atoms with E-state index in [0.29, 0.717) is 17.3 Å². The molecule has 1 heterocycles. The van der Waals surface area contributed by atoms with Crippen molar-refractivity contribution in [3.63, 3.8) is 0 Å². The molecule has 1 aromatic heterocycles. The van der Waals surface area contributed by atoms with E-state index in [9.17, 15) is 4.79 Å². The molecule has 3 N–H and O–H groups in total. The molecule has 0 aliphatic heterocycles. The highest BCUT2D eigenvalue weighted by Gasteiger charge is 2.07. The quantitative estimate of drug-likeness (QED) is 0.754. The van der Waals surface area contributed by atoms with Crippen LogP contribution in [0.4, 0.5) is 11.6 Å². The standard InChI is InChI=1S/C18H16N4O2/c1-24-16-5-3-2-4-15(16)22-18-20-11-10-14(21-18)12-6-8-13(9-7-12)17(19)23/h2-11H,1H3,(H2,19,23)(H,20,21,22). The van der Waals surface area contributed by atoms with Crippen molar-refractivity contribution >= 4 is 17.5 Å². The van der Waals surface area contributed by atoms with E-state index < -0.39 is 5.91 Å². The van der Waals surface area contributed by atoms with Crippen LogP contribution in [0.1, 0.15) is 10.4 Å². The smallest absolute Gasteiger partial charge is 0.248 e. The Labute approximate surface area is 139 Å². The molecule has 2 aromatic carbocycles. The first kappa shape index (κ1) is 15.5. The maximum Gasteiger partial charge on any atom is 0.248 e. The lowest BCUT2D eigenvalue weighted by atomic mass is 10.1. The van der Waals surface area contributed by atoms with Crippen molar-refractivity contribution in [3.05, 3.63) is 66.4 Å². The van der Waals surface area contributed by atoms with Crippen molar-refractivity contribution < 1.29 is 9.53 Å². The second-order valence-corrected chi connectivity index (χ2v) is 5.03. The van der Waals surface area contributed by atoms with Gasteiger partial charge in [0, 0.05) is 17.3 Å². The van der Waals surface area contributed by atoms with Gasteiger partial charge in [-0.3, -0.25) is 4.79 Å². The second-order valence-electron chi connectivity index (χ2n) is 5.03. The Morgan fingerprint density at radius 1 is 1.08 bits per heavy atom. The Morgan fingerprint density at radius 3 is 2.54 bits per heavy atom. The van der Waals surface area contributed by atoms with Crippen LogP contribution in [-0.4, -0.2) is 23.0 Å². The number of ether oxygens (including phenoxy) is 1. The first-order valence-electron chi connectivity index (χ1n) is 7.30. The Bertz CT molecular complexity index is 863. The third-order valence-electron chi connectivity index (χ3n) is 3.47. The number of primary amides is 1. The van der Waals surface area contributed by atoms with Gasteiger partial charge < -0.3 is 15.8 Å². The molecule has 1 amide bonds. The molecule has 0 aliphatic carbocycles. The van der Waals surface area contributed by atoms with Crippen molar-refractivity contribution in [3.8, 4) is 17.0 Å². The number of nitrogens with zero attached hydrogens (tertiary/aromatic N) is 2. The lowest BCUT2D eigenvalue weighted by Gasteiger charge is -2.10. The molecular formula is C18H16N4O2. The van der Waals surface area contributed by atoms with Gasteiger partial charge in [-0.2, -0.15) is 0 Å². The molecule has 0 spiro atoms. The van der Waals surface area contributed by atoms with E-state index in [1.54, 1.807) is 43.6 Å². The molecule has 0 unspecified atom stereocenters. The Hall–Kier alpha value is -3.41. The summed E-state index contributed by atoms with van der Waals surface area (Å²) in [5.41, 5.74) is 8.09. The highest BCUT2D eigenvalue weighted by Crippen LogP contribution is 2.26. The van der Waals surface area contributed by atoms with Crippen LogP contribution in [-0.2, 0) is 0 Å². The first-order valence-corrected chi connectivity index (χ1v) is 7.30. The van der Waals surface area contributed by atoms with Crippen LogP contribution in [0.15, 0.2) is 60.8 Å². The molecule has 0 fully saturated rings. The molecule has 120 valence electrons. The van der Waals surface area contributed by atoms with Crippen molar-refractivity contribution in [2.45, 2.75) is 0 Å². The van der Waals surface area contributed by atoms with Gasteiger partial charge in [0.1, 0.15) is 5.75 Å². The summed E-state index contributed by atoms with van der Waals surface area (Å²) in [6.07, 6.45) is 1.67. The maximum atomic E-state index is 11.1. The summed E-state index contributed by atoms with van der Waals surface area (Å²) in [5, 5.41) is 3.14. The largest absolute Gasteiger partial charge is 0.495 e. The third kappa shape index (κ3) is 3.33. The number of methoxy groups -OCH3 is 1. The van der Waals surface area contributed by atoms with E-state index in [2.05, 4.69) is 15.3 Å². The minimum Gasteiger partial charge on any atom is -0.495 e. The Kier molecular flexibility index (Phi) is 4.38. The summed E-state index contributed by atoms with van der Waals surface area (Å²) in [6.45, 7) is 0. The second kappa shape index (κ2) is 6.78. The van der Waals surface area contributed by atoms with Crippen molar-refractivity contribution in [1.29, 1.82) is 0 Å².